The predicted octanol–water partition coefficient (Wildman–Crippen LogP) is 5.22. The Hall–Kier alpha value is -1.90. The molecule has 2 aromatic rings. The highest BCUT2D eigenvalue weighted by molar-refractivity contribution is 6.31. The van der Waals surface area contributed by atoms with Crippen LogP contribution in [-0.4, -0.2) is 47.0 Å². The third-order valence-corrected chi connectivity index (χ3v) is 7.56. The van der Waals surface area contributed by atoms with Crippen molar-refractivity contribution >= 4 is 29.2 Å². The summed E-state index contributed by atoms with van der Waals surface area (Å²) in [5, 5.41) is 10.1. The molecule has 0 aromatic heterocycles. The van der Waals surface area contributed by atoms with Gasteiger partial charge in [-0.3, -0.25) is 4.79 Å². The average molecular weight is 539 g/mol. The summed E-state index contributed by atoms with van der Waals surface area (Å²) in [6.07, 6.45) is 0.548. The predicted molar refractivity (Wildman–Crippen MR) is 138 cm³/mol. The number of esters is 1. The molecule has 2 aliphatic heterocycles. The third-order valence-electron chi connectivity index (χ3n) is 7.09. The van der Waals surface area contributed by atoms with Crippen LogP contribution in [0.25, 0.3) is 0 Å². The van der Waals surface area contributed by atoms with Crippen molar-refractivity contribution in [1.82, 2.24) is 4.90 Å². The standard InChI is InChI=1S/C27H33Cl2FN2O4/c1-25(2,3)14-21-27(31,18-8-6-16(29)13-19(18)30)22(23-24(34)36-26(4,5)32(21)23)17-12-15(28)7-9-20(17)35-11-10-33/h6-9,12-13,21-23,33H,10-11,14,31H2,1-5H3/t21-,22-,23+,27+/m0/s1. The lowest BCUT2D eigenvalue weighted by Crippen LogP contribution is -2.56. The van der Waals surface area contributed by atoms with Crippen LogP contribution in [0.2, 0.25) is 10.0 Å². The van der Waals surface area contributed by atoms with E-state index in [9.17, 15) is 9.90 Å². The number of nitrogens with zero attached hydrogens (tertiary/aromatic N) is 1. The van der Waals surface area contributed by atoms with Crippen molar-refractivity contribution in [3.8, 4) is 5.75 Å². The number of rotatable bonds is 6. The third kappa shape index (κ3) is 4.61. The maximum Gasteiger partial charge on any atom is 0.325 e. The molecule has 9 heteroatoms. The van der Waals surface area contributed by atoms with E-state index in [2.05, 4.69) is 20.8 Å². The van der Waals surface area contributed by atoms with Gasteiger partial charge in [-0.25, -0.2) is 9.29 Å². The van der Waals surface area contributed by atoms with Gasteiger partial charge in [0, 0.05) is 33.1 Å². The number of hydrogen-bond acceptors (Lipinski definition) is 6. The molecule has 2 fully saturated rings. The van der Waals surface area contributed by atoms with E-state index >= 15 is 4.39 Å². The summed E-state index contributed by atoms with van der Waals surface area (Å²) in [6, 6.07) is 8.17. The fourth-order valence-corrected chi connectivity index (χ4v) is 6.22. The van der Waals surface area contributed by atoms with Crippen molar-refractivity contribution in [2.24, 2.45) is 11.1 Å². The molecule has 2 aromatic carbocycles. The summed E-state index contributed by atoms with van der Waals surface area (Å²) in [4.78, 5) is 15.5. The molecule has 0 amide bonds. The Morgan fingerprint density at radius 2 is 1.81 bits per heavy atom. The fraction of sp³-hybridized carbons (Fsp3) is 0.519. The second-order valence-electron chi connectivity index (χ2n) is 11.3. The van der Waals surface area contributed by atoms with Crippen LogP contribution in [0.15, 0.2) is 36.4 Å². The second-order valence-corrected chi connectivity index (χ2v) is 12.2. The van der Waals surface area contributed by atoms with Crippen molar-refractivity contribution in [2.75, 3.05) is 13.2 Å². The van der Waals surface area contributed by atoms with E-state index in [0.717, 1.165) is 0 Å². The van der Waals surface area contributed by atoms with E-state index in [0.29, 0.717) is 22.8 Å². The number of aliphatic hydroxyl groups is 1. The van der Waals surface area contributed by atoms with E-state index in [1.807, 2.05) is 18.7 Å². The number of ether oxygens (including phenoxy) is 2. The summed E-state index contributed by atoms with van der Waals surface area (Å²) in [7, 11) is 0. The van der Waals surface area contributed by atoms with Gasteiger partial charge in [0.15, 0.2) is 5.72 Å². The van der Waals surface area contributed by atoms with Crippen LogP contribution in [0.4, 0.5) is 4.39 Å². The number of halogens is 3. The first-order valence-electron chi connectivity index (χ1n) is 12.0. The average Bonchev–Trinajstić information content (AvgIpc) is 3.14. The number of cyclic esters (lactones) is 1. The number of aliphatic hydroxyl groups excluding tert-OH is 1. The second kappa shape index (κ2) is 9.44. The lowest BCUT2D eigenvalue weighted by Gasteiger charge is -2.44. The normalized spacial score (nSPS) is 27.7. The molecule has 3 N–H and O–H groups in total. The highest BCUT2D eigenvalue weighted by Gasteiger charge is 2.69. The molecule has 4 atom stereocenters. The number of hydrogen-bond donors (Lipinski definition) is 2. The number of carbonyl (C=O) groups excluding carboxylic acids is 1. The monoisotopic (exact) mass is 538 g/mol. The van der Waals surface area contributed by atoms with Crippen molar-refractivity contribution in [3.05, 3.63) is 63.4 Å². The Bertz CT molecular complexity index is 1170. The van der Waals surface area contributed by atoms with Crippen LogP contribution in [0.3, 0.4) is 0 Å². The topological polar surface area (TPSA) is 85.0 Å². The van der Waals surface area contributed by atoms with Gasteiger partial charge >= 0.3 is 5.97 Å². The Labute approximate surface area is 221 Å². The Kier molecular flexibility index (Phi) is 7.12. The van der Waals surface area contributed by atoms with E-state index in [1.54, 1.807) is 30.3 Å². The van der Waals surface area contributed by atoms with Crippen molar-refractivity contribution in [1.29, 1.82) is 0 Å². The first-order chi connectivity index (χ1) is 16.7. The van der Waals surface area contributed by atoms with E-state index in [-0.39, 0.29) is 29.2 Å². The summed E-state index contributed by atoms with van der Waals surface area (Å²) < 4.78 is 27.4. The van der Waals surface area contributed by atoms with Gasteiger partial charge in [0.05, 0.1) is 12.1 Å². The molecule has 36 heavy (non-hydrogen) atoms. The van der Waals surface area contributed by atoms with Gasteiger partial charge in [-0.1, -0.05) is 50.0 Å². The summed E-state index contributed by atoms with van der Waals surface area (Å²) in [5.41, 5.74) is 5.61. The van der Waals surface area contributed by atoms with Gasteiger partial charge in [-0.15, -0.1) is 0 Å². The van der Waals surface area contributed by atoms with Gasteiger partial charge in [0.25, 0.3) is 0 Å². The molecule has 0 saturated carbocycles. The minimum atomic E-state index is -1.38. The van der Waals surface area contributed by atoms with Crippen molar-refractivity contribution in [2.45, 2.75) is 70.3 Å². The molecule has 2 heterocycles. The van der Waals surface area contributed by atoms with Crippen LogP contribution < -0.4 is 10.5 Å². The first-order valence-corrected chi connectivity index (χ1v) is 12.7. The van der Waals surface area contributed by atoms with Gasteiger partial charge in [0.2, 0.25) is 0 Å². The van der Waals surface area contributed by atoms with Crippen LogP contribution in [0, 0.1) is 11.2 Å². The van der Waals surface area contributed by atoms with Gasteiger partial charge in [0.1, 0.15) is 24.2 Å². The zero-order valence-corrected chi connectivity index (χ0v) is 22.7. The summed E-state index contributed by atoms with van der Waals surface area (Å²) in [6.45, 7) is 9.71. The lowest BCUT2D eigenvalue weighted by atomic mass is 9.68. The fourth-order valence-electron chi connectivity index (χ4n) is 5.88. The van der Waals surface area contributed by atoms with Crippen molar-refractivity contribution < 1.29 is 23.8 Å². The molecular formula is C27H33Cl2FN2O4. The maximum atomic E-state index is 15.7. The lowest BCUT2D eigenvalue weighted by molar-refractivity contribution is -0.152. The Morgan fingerprint density at radius 3 is 2.42 bits per heavy atom. The number of carbonyl (C=O) groups is 1. The molecule has 6 nitrogen and oxygen atoms in total. The molecule has 0 aliphatic carbocycles. The van der Waals surface area contributed by atoms with E-state index in [4.69, 9.17) is 38.4 Å². The molecule has 196 valence electrons. The minimum absolute atomic E-state index is 0.0317. The van der Waals surface area contributed by atoms with Crippen LogP contribution in [-0.2, 0) is 15.1 Å². The SMILES string of the molecule is CC(C)(C)C[C@@H]1N2[C@@H](C(=O)OC2(C)C)[C@H](c2cc(Cl)ccc2OCCO)[C@@]1(N)c1ccc(Cl)cc1F. The molecular weight excluding hydrogens is 506 g/mol. The van der Waals surface area contributed by atoms with Crippen LogP contribution >= 0.6 is 23.2 Å². The molecule has 4 rings (SSSR count). The molecule has 0 unspecified atom stereocenters. The van der Waals surface area contributed by atoms with Crippen LogP contribution in [0.1, 0.15) is 58.1 Å². The first kappa shape index (κ1) is 27.1. The number of benzene rings is 2. The molecule has 2 saturated heterocycles. The molecule has 0 radical (unpaired) electrons. The zero-order valence-electron chi connectivity index (χ0n) is 21.1. The van der Waals surface area contributed by atoms with E-state index < -0.39 is 41.1 Å². The molecule has 0 bridgehead atoms. The number of fused-ring (bicyclic) bond motifs is 1. The highest BCUT2D eigenvalue weighted by atomic mass is 35.5. The number of nitrogens with two attached hydrogens (primary N) is 1. The minimum Gasteiger partial charge on any atom is -0.491 e. The Balaban J connectivity index is 2.05. The molecule has 0 spiro atoms. The van der Waals surface area contributed by atoms with Gasteiger partial charge in [-0.2, -0.15) is 0 Å². The summed E-state index contributed by atoms with van der Waals surface area (Å²) in [5.74, 6) is -1.36. The quantitative estimate of drug-likeness (QED) is 0.490. The maximum absolute atomic E-state index is 15.7. The molecule has 2 aliphatic rings. The smallest absolute Gasteiger partial charge is 0.325 e. The van der Waals surface area contributed by atoms with Crippen LogP contribution in [0.5, 0.6) is 5.75 Å². The van der Waals surface area contributed by atoms with Gasteiger partial charge in [-0.05, 0) is 56.0 Å². The van der Waals surface area contributed by atoms with Gasteiger partial charge < -0.3 is 20.3 Å². The van der Waals surface area contributed by atoms with Crippen molar-refractivity contribution in [3.63, 3.8) is 0 Å². The van der Waals surface area contributed by atoms with E-state index in [1.165, 1.54) is 6.07 Å². The Morgan fingerprint density at radius 1 is 1.17 bits per heavy atom. The largest absolute Gasteiger partial charge is 0.491 e. The zero-order chi connectivity index (χ0) is 26.6. The summed E-state index contributed by atoms with van der Waals surface area (Å²) >= 11 is 12.5. The highest BCUT2D eigenvalue weighted by Crippen LogP contribution is 2.59.